The van der Waals surface area contributed by atoms with Crippen LogP contribution in [-0.4, -0.2) is 36.5 Å². The smallest absolute Gasteiger partial charge is 0.223 e. The lowest BCUT2D eigenvalue weighted by Gasteiger charge is -2.28. The number of amides is 1. The number of para-hydroxylation sites is 1. The maximum atomic E-state index is 12.6. The van der Waals surface area contributed by atoms with E-state index >= 15 is 0 Å². The minimum absolute atomic E-state index is 0.264. The molecule has 1 fully saturated rings. The first-order valence-electron chi connectivity index (χ1n) is 7.90. The van der Waals surface area contributed by atoms with E-state index in [9.17, 15) is 4.79 Å². The molecule has 0 radical (unpaired) electrons. The van der Waals surface area contributed by atoms with Crippen LogP contribution in [0.5, 0.6) is 5.75 Å². The summed E-state index contributed by atoms with van der Waals surface area (Å²) in [5, 5.41) is 0. The molecule has 1 amide bonds. The van der Waals surface area contributed by atoms with Gasteiger partial charge in [0.25, 0.3) is 0 Å². The second-order valence-corrected chi connectivity index (χ2v) is 6.31. The molecule has 3 atom stereocenters. The number of rotatable bonds is 3. The SMILES string of the molecule is CC1CC(CN)CN1C(=O)CC1CCOc2ccccc21. The number of nitrogens with two attached hydrogens (primary N) is 1. The number of fused-ring (bicyclic) bond motifs is 1. The second kappa shape index (κ2) is 6.06. The molecular weight excluding hydrogens is 264 g/mol. The number of carbonyl (C=O) groups excluding carboxylic acids is 1. The highest BCUT2D eigenvalue weighted by Crippen LogP contribution is 2.36. The van der Waals surface area contributed by atoms with Gasteiger partial charge in [-0.2, -0.15) is 0 Å². The molecule has 0 saturated carbocycles. The van der Waals surface area contributed by atoms with Gasteiger partial charge in [0.05, 0.1) is 6.61 Å². The van der Waals surface area contributed by atoms with Gasteiger partial charge < -0.3 is 15.4 Å². The molecule has 1 aromatic rings. The van der Waals surface area contributed by atoms with Crippen LogP contribution in [0, 0.1) is 5.92 Å². The second-order valence-electron chi connectivity index (χ2n) is 6.31. The van der Waals surface area contributed by atoms with Crippen LogP contribution < -0.4 is 10.5 Å². The summed E-state index contributed by atoms with van der Waals surface area (Å²) in [6.45, 7) is 4.33. The average Bonchev–Trinajstić information content (AvgIpc) is 2.89. The van der Waals surface area contributed by atoms with E-state index in [1.54, 1.807) is 0 Å². The van der Waals surface area contributed by atoms with Gasteiger partial charge in [0.1, 0.15) is 5.75 Å². The predicted octanol–water partition coefficient (Wildman–Crippen LogP) is 2.14. The summed E-state index contributed by atoms with van der Waals surface area (Å²) in [6.07, 6.45) is 2.54. The van der Waals surface area contributed by atoms with E-state index in [0.29, 0.717) is 31.5 Å². The third-order valence-corrected chi connectivity index (χ3v) is 4.82. The molecule has 21 heavy (non-hydrogen) atoms. The monoisotopic (exact) mass is 288 g/mol. The highest BCUT2D eigenvalue weighted by molar-refractivity contribution is 5.78. The molecule has 4 heteroatoms. The predicted molar refractivity (Wildman–Crippen MR) is 82.2 cm³/mol. The third kappa shape index (κ3) is 2.91. The molecule has 4 nitrogen and oxygen atoms in total. The van der Waals surface area contributed by atoms with Crippen molar-refractivity contribution in [2.24, 2.45) is 11.7 Å². The Hall–Kier alpha value is -1.55. The Morgan fingerprint density at radius 2 is 2.24 bits per heavy atom. The Bertz CT molecular complexity index is 517. The minimum Gasteiger partial charge on any atom is -0.493 e. The fourth-order valence-electron chi connectivity index (χ4n) is 3.62. The highest BCUT2D eigenvalue weighted by Gasteiger charge is 2.33. The lowest BCUT2D eigenvalue weighted by atomic mass is 9.90. The summed E-state index contributed by atoms with van der Waals surface area (Å²) in [5.41, 5.74) is 6.93. The van der Waals surface area contributed by atoms with E-state index in [1.807, 2.05) is 23.1 Å². The van der Waals surface area contributed by atoms with Crippen molar-refractivity contribution in [1.29, 1.82) is 0 Å². The first-order valence-corrected chi connectivity index (χ1v) is 7.90. The normalized spacial score (nSPS) is 28.1. The quantitative estimate of drug-likeness (QED) is 0.927. The van der Waals surface area contributed by atoms with Crippen molar-refractivity contribution in [3.63, 3.8) is 0 Å². The molecule has 2 aliphatic rings. The van der Waals surface area contributed by atoms with Gasteiger partial charge in [-0.15, -0.1) is 0 Å². The molecule has 114 valence electrons. The van der Waals surface area contributed by atoms with E-state index in [4.69, 9.17) is 10.5 Å². The van der Waals surface area contributed by atoms with Crippen molar-refractivity contribution >= 4 is 5.91 Å². The molecule has 2 N–H and O–H groups in total. The maximum Gasteiger partial charge on any atom is 0.223 e. The Labute approximate surface area is 126 Å². The van der Waals surface area contributed by atoms with E-state index in [2.05, 4.69) is 13.0 Å². The maximum absolute atomic E-state index is 12.6. The van der Waals surface area contributed by atoms with Crippen LogP contribution in [0.1, 0.15) is 37.7 Å². The van der Waals surface area contributed by atoms with Crippen molar-refractivity contribution in [2.45, 2.75) is 38.1 Å². The van der Waals surface area contributed by atoms with Gasteiger partial charge in [-0.3, -0.25) is 4.79 Å². The van der Waals surface area contributed by atoms with Gasteiger partial charge in [0.2, 0.25) is 5.91 Å². The lowest BCUT2D eigenvalue weighted by molar-refractivity contribution is -0.132. The van der Waals surface area contributed by atoms with Crippen molar-refractivity contribution in [3.05, 3.63) is 29.8 Å². The summed E-state index contributed by atoms with van der Waals surface area (Å²) < 4.78 is 5.67. The summed E-state index contributed by atoms with van der Waals surface area (Å²) in [6, 6.07) is 8.41. The summed E-state index contributed by atoms with van der Waals surface area (Å²) in [7, 11) is 0. The molecule has 2 aliphatic heterocycles. The number of hydrogen-bond donors (Lipinski definition) is 1. The number of carbonyl (C=O) groups is 1. The Morgan fingerprint density at radius 1 is 1.43 bits per heavy atom. The van der Waals surface area contributed by atoms with Crippen LogP contribution in [-0.2, 0) is 4.79 Å². The van der Waals surface area contributed by atoms with Crippen LogP contribution in [0.15, 0.2) is 24.3 Å². The molecule has 2 heterocycles. The van der Waals surface area contributed by atoms with Crippen LogP contribution in [0.25, 0.3) is 0 Å². The summed E-state index contributed by atoms with van der Waals surface area (Å²) >= 11 is 0. The molecule has 3 unspecified atom stereocenters. The topological polar surface area (TPSA) is 55.6 Å². The van der Waals surface area contributed by atoms with Crippen molar-refractivity contribution in [1.82, 2.24) is 4.90 Å². The van der Waals surface area contributed by atoms with Gasteiger partial charge in [-0.25, -0.2) is 0 Å². The van der Waals surface area contributed by atoms with Gasteiger partial charge in [-0.1, -0.05) is 18.2 Å². The molecule has 0 aromatic heterocycles. The number of nitrogens with zero attached hydrogens (tertiary/aromatic N) is 1. The van der Waals surface area contributed by atoms with Gasteiger partial charge in [0.15, 0.2) is 0 Å². The van der Waals surface area contributed by atoms with Gasteiger partial charge >= 0.3 is 0 Å². The first-order chi connectivity index (χ1) is 10.2. The Balaban J connectivity index is 1.69. The fourth-order valence-corrected chi connectivity index (χ4v) is 3.62. The van der Waals surface area contributed by atoms with Crippen LogP contribution in [0.3, 0.4) is 0 Å². The highest BCUT2D eigenvalue weighted by atomic mass is 16.5. The van der Waals surface area contributed by atoms with Crippen molar-refractivity contribution in [3.8, 4) is 5.75 Å². The third-order valence-electron chi connectivity index (χ3n) is 4.82. The van der Waals surface area contributed by atoms with Crippen molar-refractivity contribution < 1.29 is 9.53 Å². The minimum atomic E-state index is 0.264. The molecule has 0 aliphatic carbocycles. The van der Waals surface area contributed by atoms with E-state index in [-0.39, 0.29) is 11.8 Å². The standard InChI is InChI=1S/C17H24N2O2/c1-12-8-13(10-18)11-19(12)17(20)9-14-6-7-21-16-5-3-2-4-15(14)16/h2-5,12-14H,6-11,18H2,1H3. The van der Waals surface area contributed by atoms with Crippen molar-refractivity contribution in [2.75, 3.05) is 19.7 Å². The first kappa shape index (κ1) is 14.4. The van der Waals surface area contributed by atoms with Gasteiger partial charge in [-0.05, 0) is 49.8 Å². The summed E-state index contributed by atoms with van der Waals surface area (Å²) in [5.74, 6) is 1.95. The van der Waals surface area contributed by atoms with Gasteiger partial charge in [0, 0.05) is 19.0 Å². The molecule has 1 saturated heterocycles. The van der Waals surface area contributed by atoms with Crippen LogP contribution in [0.4, 0.5) is 0 Å². The van der Waals surface area contributed by atoms with E-state index in [0.717, 1.165) is 25.1 Å². The zero-order valence-corrected chi connectivity index (χ0v) is 12.6. The number of likely N-dealkylation sites (tertiary alicyclic amines) is 1. The molecule has 3 rings (SSSR count). The molecule has 1 aromatic carbocycles. The van der Waals surface area contributed by atoms with E-state index in [1.165, 1.54) is 5.56 Å². The number of hydrogen-bond acceptors (Lipinski definition) is 3. The lowest BCUT2D eigenvalue weighted by Crippen LogP contribution is -2.35. The van der Waals surface area contributed by atoms with Crippen LogP contribution >= 0.6 is 0 Å². The van der Waals surface area contributed by atoms with E-state index < -0.39 is 0 Å². The number of ether oxygens (including phenoxy) is 1. The fraction of sp³-hybridized carbons (Fsp3) is 0.588. The Morgan fingerprint density at radius 3 is 3.00 bits per heavy atom. The largest absolute Gasteiger partial charge is 0.493 e. The zero-order valence-electron chi connectivity index (χ0n) is 12.6. The molecular formula is C17H24N2O2. The number of benzene rings is 1. The molecule has 0 bridgehead atoms. The zero-order chi connectivity index (χ0) is 14.8. The average molecular weight is 288 g/mol. The summed E-state index contributed by atoms with van der Waals surface area (Å²) in [4.78, 5) is 14.7. The molecule has 0 spiro atoms. The Kier molecular flexibility index (Phi) is 4.15. The van der Waals surface area contributed by atoms with Crippen LogP contribution in [0.2, 0.25) is 0 Å².